The van der Waals surface area contributed by atoms with Crippen molar-refractivity contribution in [2.24, 2.45) is 7.05 Å². The first-order chi connectivity index (χ1) is 11.1. The molecule has 0 atom stereocenters. The molecule has 0 bridgehead atoms. The maximum absolute atomic E-state index is 12.1. The third-order valence-electron chi connectivity index (χ3n) is 3.42. The van der Waals surface area contributed by atoms with E-state index in [1.54, 1.807) is 44.0 Å². The van der Waals surface area contributed by atoms with Crippen LogP contribution in [-0.4, -0.2) is 15.5 Å². The van der Waals surface area contributed by atoms with Gasteiger partial charge in [0.2, 0.25) is 0 Å². The third kappa shape index (κ3) is 3.21. The van der Waals surface area contributed by atoms with Crippen molar-refractivity contribution in [2.75, 3.05) is 0 Å². The lowest BCUT2D eigenvalue weighted by molar-refractivity contribution is 0.0949. The third-order valence-corrected chi connectivity index (χ3v) is 3.42. The molecule has 23 heavy (non-hydrogen) atoms. The maximum atomic E-state index is 12.1. The summed E-state index contributed by atoms with van der Waals surface area (Å²) in [4.78, 5) is 28.2. The molecule has 6 nitrogen and oxygen atoms in total. The zero-order valence-electron chi connectivity index (χ0n) is 12.5. The number of pyridine rings is 2. The van der Waals surface area contributed by atoms with Crippen LogP contribution in [0.15, 0.2) is 64.4 Å². The zero-order chi connectivity index (χ0) is 16.2. The van der Waals surface area contributed by atoms with Gasteiger partial charge in [0.25, 0.3) is 11.5 Å². The Labute approximate surface area is 132 Å². The monoisotopic (exact) mass is 309 g/mol. The van der Waals surface area contributed by atoms with Gasteiger partial charge >= 0.3 is 0 Å². The number of hydrogen-bond acceptors (Lipinski definition) is 4. The van der Waals surface area contributed by atoms with Gasteiger partial charge in [-0.3, -0.25) is 14.6 Å². The van der Waals surface area contributed by atoms with Crippen LogP contribution in [0.3, 0.4) is 0 Å². The lowest BCUT2D eigenvalue weighted by atomic mass is 10.1. The van der Waals surface area contributed by atoms with Crippen LogP contribution in [0, 0.1) is 0 Å². The van der Waals surface area contributed by atoms with E-state index in [4.69, 9.17) is 4.42 Å². The van der Waals surface area contributed by atoms with Crippen LogP contribution < -0.4 is 10.9 Å². The van der Waals surface area contributed by atoms with Gasteiger partial charge in [-0.2, -0.15) is 0 Å². The van der Waals surface area contributed by atoms with Crippen molar-refractivity contribution in [3.8, 4) is 11.3 Å². The number of nitrogens with zero attached hydrogens (tertiary/aromatic N) is 2. The molecule has 3 aromatic rings. The Morgan fingerprint density at radius 1 is 1.30 bits per heavy atom. The van der Waals surface area contributed by atoms with E-state index < -0.39 is 5.91 Å². The summed E-state index contributed by atoms with van der Waals surface area (Å²) >= 11 is 0. The van der Waals surface area contributed by atoms with Crippen LogP contribution in [0.4, 0.5) is 0 Å². The Bertz CT molecular complexity index is 882. The zero-order valence-corrected chi connectivity index (χ0v) is 12.5. The molecule has 0 aliphatic carbocycles. The quantitative estimate of drug-likeness (QED) is 0.799. The molecule has 116 valence electrons. The van der Waals surface area contributed by atoms with Crippen molar-refractivity contribution in [3.63, 3.8) is 0 Å². The molecule has 0 aromatic carbocycles. The predicted octanol–water partition coefficient (Wildman–Crippen LogP) is 1.97. The van der Waals surface area contributed by atoms with E-state index in [2.05, 4.69) is 10.3 Å². The molecule has 6 heteroatoms. The second kappa shape index (κ2) is 6.31. The van der Waals surface area contributed by atoms with Gasteiger partial charge in [0.15, 0.2) is 0 Å². The van der Waals surface area contributed by atoms with E-state index in [1.165, 1.54) is 10.6 Å². The molecule has 0 unspecified atom stereocenters. The van der Waals surface area contributed by atoms with Crippen molar-refractivity contribution in [1.82, 2.24) is 14.9 Å². The molecule has 0 aliphatic heterocycles. The number of carbonyl (C=O) groups is 1. The topological polar surface area (TPSA) is 77.1 Å². The Balaban J connectivity index is 1.73. The molecule has 3 heterocycles. The molecule has 0 saturated carbocycles. The summed E-state index contributed by atoms with van der Waals surface area (Å²) in [7, 11) is 1.61. The summed E-state index contributed by atoms with van der Waals surface area (Å²) in [6.07, 6.45) is 6.55. The molecule has 0 aliphatic rings. The van der Waals surface area contributed by atoms with Gasteiger partial charge in [0.1, 0.15) is 11.3 Å². The van der Waals surface area contributed by atoms with E-state index in [0.29, 0.717) is 5.76 Å². The van der Waals surface area contributed by atoms with Gasteiger partial charge in [0, 0.05) is 37.7 Å². The van der Waals surface area contributed by atoms with Gasteiger partial charge in [-0.25, -0.2) is 0 Å². The minimum Gasteiger partial charge on any atom is -0.464 e. The second-order valence-corrected chi connectivity index (χ2v) is 5.08. The van der Waals surface area contributed by atoms with Crippen molar-refractivity contribution in [1.29, 1.82) is 0 Å². The molecule has 3 rings (SSSR count). The summed E-state index contributed by atoms with van der Waals surface area (Å²) in [5, 5.41) is 2.73. The van der Waals surface area contributed by atoms with Crippen molar-refractivity contribution in [3.05, 3.63) is 76.7 Å². The molecular formula is C17H15N3O3. The predicted molar refractivity (Wildman–Crippen MR) is 84.8 cm³/mol. The summed E-state index contributed by atoms with van der Waals surface area (Å²) < 4.78 is 6.70. The second-order valence-electron chi connectivity index (χ2n) is 5.08. The van der Waals surface area contributed by atoms with Gasteiger partial charge in [-0.05, 0) is 35.9 Å². The largest absolute Gasteiger partial charge is 0.464 e. The minimum absolute atomic E-state index is 0.116. The number of nitrogens with one attached hydrogen (secondary N) is 1. The molecule has 0 saturated heterocycles. The van der Waals surface area contributed by atoms with Gasteiger partial charge in [0.05, 0.1) is 6.26 Å². The number of amides is 1. The first-order valence-electron chi connectivity index (χ1n) is 7.07. The van der Waals surface area contributed by atoms with Crippen molar-refractivity contribution >= 4 is 5.91 Å². The van der Waals surface area contributed by atoms with E-state index in [-0.39, 0.29) is 17.7 Å². The van der Waals surface area contributed by atoms with Crippen molar-refractivity contribution < 1.29 is 9.21 Å². The fraction of sp³-hybridized carbons (Fsp3) is 0.118. The molecule has 0 radical (unpaired) electrons. The lowest BCUT2D eigenvalue weighted by Crippen LogP contribution is -2.31. The molecular weight excluding hydrogens is 294 g/mol. The normalized spacial score (nSPS) is 10.5. The number of aromatic nitrogens is 2. The first kappa shape index (κ1) is 14.8. The number of carbonyl (C=O) groups excluding carboxylic acids is 1. The van der Waals surface area contributed by atoms with Crippen LogP contribution in [0.25, 0.3) is 11.3 Å². The van der Waals surface area contributed by atoms with Crippen LogP contribution in [-0.2, 0) is 13.6 Å². The average molecular weight is 309 g/mol. The molecule has 1 amide bonds. The highest BCUT2D eigenvalue weighted by molar-refractivity contribution is 5.93. The Kier molecular flexibility index (Phi) is 4.05. The molecule has 0 fully saturated rings. The Morgan fingerprint density at radius 2 is 2.17 bits per heavy atom. The van der Waals surface area contributed by atoms with Crippen LogP contribution in [0.5, 0.6) is 0 Å². The minimum atomic E-state index is -0.408. The van der Waals surface area contributed by atoms with Gasteiger partial charge in [-0.1, -0.05) is 0 Å². The van der Waals surface area contributed by atoms with Crippen molar-refractivity contribution in [2.45, 2.75) is 6.54 Å². The van der Waals surface area contributed by atoms with Gasteiger partial charge in [-0.15, -0.1) is 0 Å². The molecule has 0 spiro atoms. The summed E-state index contributed by atoms with van der Waals surface area (Å²) in [6.45, 7) is 0.276. The standard InChI is InChI=1S/C17H15N3O3/c1-20-6-2-4-14(17(20)22)16(21)19-10-12-8-13(11-18-9-12)15-5-3-7-23-15/h2-9,11H,10H2,1H3,(H,19,21). The van der Waals surface area contributed by atoms with E-state index in [1.807, 2.05) is 12.1 Å². The highest BCUT2D eigenvalue weighted by Gasteiger charge is 2.11. The summed E-state index contributed by atoms with van der Waals surface area (Å²) in [5.41, 5.74) is 1.44. The summed E-state index contributed by atoms with van der Waals surface area (Å²) in [5.74, 6) is 0.303. The maximum Gasteiger partial charge on any atom is 0.263 e. The lowest BCUT2D eigenvalue weighted by Gasteiger charge is -2.07. The number of aryl methyl sites for hydroxylation is 1. The molecule has 3 aromatic heterocycles. The van der Waals surface area contributed by atoms with Gasteiger partial charge < -0.3 is 14.3 Å². The number of hydrogen-bond donors (Lipinski definition) is 1. The average Bonchev–Trinajstić information content (AvgIpc) is 3.10. The fourth-order valence-corrected chi connectivity index (χ4v) is 2.21. The van der Waals surface area contributed by atoms with E-state index >= 15 is 0 Å². The number of furan rings is 1. The molecule has 1 N–H and O–H groups in total. The number of rotatable bonds is 4. The van der Waals surface area contributed by atoms with Crippen LogP contribution in [0.2, 0.25) is 0 Å². The first-order valence-corrected chi connectivity index (χ1v) is 7.07. The van der Waals surface area contributed by atoms with Crippen LogP contribution in [0.1, 0.15) is 15.9 Å². The smallest absolute Gasteiger partial charge is 0.263 e. The van der Waals surface area contributed by atoms with E-state index in [0.717, 1.165) is 11.1 Å². The van der Waals surface area contributed by atoms with Crippen LogP contribution >= 0.6 is 0 Å². The SMILES string of the molecule is Cn1cccc(C(=O)NCc2cncc(-c3ccco3)c2)c1=O. The Morgan fingerprint density at radius 3 is 2.96 bits per heavy atom. The highest BCUT2D eigenvalue weighted by atomic mass is 16.3. The highest BCUT2D eigenvalue weighted by Crippen LogP contribution is 2.19. The fourth-order valence-electron chi connectivity index (χ4n) is 2.21. The summed E-state index contributed by atoms with van der Waals surface area (Å²) in [6, 6.07) is 8.70. The Hall–Kier alpha value is -3.15. The van der Waals surface area contributed by atoms with E-state index in [9.17, 15) is 9.59 Å².